The Kier molecular flexibility index (Phi) is 6.16. The van der Waals surface area contributed by atoms with E-state index in [1.54, 1.807) is 0 Å². The van der Waals surface area contributed by atoms with Crippen molar-refractivity contribution in [2.75, 3.05) is 19.7 Å². The van der Waals surface area contributed by atoms with Crippen molar-refractivity contribution in [2.24, 2.45) is 10.8 Å². The number of rotatable bonds is 5. The number of nitrogens with one attached hydrogen (secondary N) is 1. The van der Waals surface area contributed by atoms with Gasteiger partial charge in [0.05, 0.1) is 10.0 Å². The molecular weight excluding hydrogens is 415 g/mol. The summed E-state index contributed by atoms with van der Waals surface area (Å²) >= 11 is 11.7. The second kappa shape index (κ2) is 8.15. The van der Waals surface area contributed by atoms with E-state index in [2.05, 4.69) is 26.1 Å². The van der Waals surface area contributed by atoms with Crippen LogP contribution >= 0.6 is 23.2 Å². The molecule has 29 heavy (non-hydrogen) atoms. The average Bonchev–Trinajstić information content (AvgIpc) is 2.88. The highest BCUT2D eigenvalue weighted by Gasteiger charge is 2.50. The normalized spacial score (nSPS) is 24.9. The summed E-state index contributed by atoms with van der Waals surface area (Å²) in [7, 11) is 0. The van der Waals surface area contributed by atoms with Gasteiger partial charge in [0.2, 0.25) is 0 Å². The first kappa shape index (κ1) is 21.9. The third-order valence-corrected chi connectivity index (χ3v) is 6.41. The number of esters is 1. The van der Waals surface area contributed by atoms with Crippen LogP contribution < -0.4 is 5.32 Å². The molecule has 2 fully saturated rings. The van der Waals surface area contributed by atoms with Crippen LogP contribution in [0.1, 0.15) is 50.4 Å². The Hall–Kier alpha value is -1.79. The SMILES string of the molecule is CC1(C)C[C@H]2C[C@@](C)(CN2C(=O)COC(=O)CNC(=O)c2ccc(Cl)c(Cl)c2)C1. The molecule has 3 rings (SSSR count). The molecule has 6 nitrogen and oxygen atoms in total. The Morgan fingerprint density at radius 1 is 1.17 bits per heavy atom. The number of carbonyl (C=O) groups excluding carboxylic acids is 3. The highest BCUT2D eigenvalue weighted by Crippen LogP contribution is 2.52. The van der Waals surface area contributed by atoms with Gasteiger partial charge in [0.25, 0.3) is 11.8 Å². The van der Waals surface area contributed by atoms with Crippen LogP contribution in [-0.2, 0) is 14.3 Å². The first-order chi connectivity index (χ1) is 13.5. The summed E-state index contributed by atoms with van der Waals surface area (Å²) in [6.45, 7) is 6.75. The van der Waals surface area contributed by atoms with Gasteiger partial charge in [0.1, 0.15) is 6.54 Å². The van der Waals surface area contributed by atoms with Gasteiger partial charge in [-0.1, -0.05) is 44.0 Å². The van der Waals surface area contributed by atoms with Crippen molar-refractivity contribution < 1.29 is 19.1 Å². The molecule has 1 N–H and O–H groups in total. The number of hydrogen-bond acceptors (Lipinski definition) is 4. The molecule has 1 saturated heterocycles. The fourth-order valence-electron chi connectivity index (χ4n) is 4.92. The van der Waals surface area contributed by atoms with Crippen molar-refractivity contribution >= 4 is 41.0 Å². The van der Waals surface area contributed by atoms with Gasteiger partial charge in [0.15, 0.2) is 6.61 Å². The van der Waals surface area contributed by atoms with Crippen LogP contribution in [0.2, 0.25) is 10.0 Å². The van der Waals surface area contributed by atoms with Crippen molar-refractivity contribution in [1.29, 1.82) is 0 Å². The number of halogens is 2. The van der Waals surface area contributed by atoms with Gasteiger partial charge in [-0.3, -0.25) is 14.4 Å². The molecule has 1 saturated carbocycles. The number of nitrogens with zero attached hydrogens (tertiary/aromatic N) is 1. The molecule has 8 heteroatoms. The van der Waals surface area contributed by atoms with E-state index in [0.717, 1.165) is 19.3 Å². The number of likely N-dealkylation sites (tertiary alicyclic amines) is 1. The number of ether oxygens (including phenoxy) is 1. The fourth-order valence-corrected chi connectivity index (χ4v) is 5.22. The van der Waals surface area contributed by atoms with Gasteiger partial charge >= 0.3 is 5.97 Å². The van der Waals surface area contributed by atoms with Crippen molar-refractivity contribution in [3.8, 4) is 0 Å². The predicted octanol–water partition coefficient (Wildman–Crippen LogP) is 3.69. The average molecular weight is 441 g/mol. The Morgan fingerprint density at radius 2 is 1.90 bits per heavy atom. The van der Waals surface area contributed by atoms with Crippen LogP contribution in [0.15, 0.2) is 18.2 Å². The summed E-state index contributed by atoms with van der Waals surface area (Å²) in [5, 5.41) is 3.04. The number of carbonyl (C=O) groups is 3. The minimum absolute atomic E-state index is 0.125. The zero-order valence-corrected chi connectivity index (χ0v) is 18.4. The highest BCUT2D eigenvalue weighted by atomic mass is 35.5. The van der Waals surface area contributed by atoms with Gasteiger partial charge < -0.3 is 15.0 Å². The molecule has 0 radical (unpaired) electrons. The molecule has 2 bridgehead atoms. The lowest BCUT2D eigenvalue weighted by molar-refractivity contribution is -0.151. The van der Waals surface area contributed by atoms with E-state index >= 15 is 0 Å². The number of benzene rings is 1. The van der Waals surface area contributed by atoms with Crippen molar-refractivity contribution in [1.82, 2.24) is 10.2 Å². The van der Waals surface area contributed by atoms with E-state index in [9.17, 15) is 14.4 Å². The molecule has 1 aliphatic carbocycles. The minimum atomic E-state index is -0.666. The Bertz CT molecular complexity index is 842. The second-order valence-corrected chi connectivity index (χ2v) is 10.0. The molecular formula is C21H26Cl2N2O4. The zero-order valence-electron chi connectivity index (χ0n) is 16.9. The van der Waals surface area contributed by atoms with Crippen molar-refractivity contribution in [2.45, 2.75) is 46.1 Å². The van der Waals surface area contributed by atoms with E-state index in [0.29, 0.717) is 11.6 Å². The fraction of sp³-hybridized carbons (Fsp3) is 0.571. The molecule has 0 aromatic heterocycles. The Labute approximate surface area is 180 Å². The lowest BCUT2D eigenvalue weighted by Gasteiger charge is -2.39. The summed E-state index contributed by atoms with van der Waals surface area (Å²) in [5.74, 6) is -1.32. The number of amides is 2. The quantitative estimate of drug-likeness (QED) is 0.708. The maximum atomic E-state index is 12.6. The molecule has 0 spiro atoms. The zero-order chi connectivity index (χ0) is 21.4. The molecule has 1 aliphatic heterocycles. The predicted molar refractivity (Wildman–Crippen MR) is 111 cm³/mol. The summed E-state index contributed by atoms with van der Waals surface area (Å²) < 4.78 is 5.09. The number of fused-ring (bicyclic) bond motifs is 2. The molecule has 2 amide bonds. The van der Waals surface area contributed by atoms with Crippen LogP contribution in [0.3, 0.4) is 0 Å². The van der Waals surface area contributed by atoms with E-state index < -0.39 is 11.9 Å². The Morgan fingerprint density at radius 3 is 2.59 bits per heavy atom. The van der Waals surface area contributed by atoms with Crippen LogP contribution in [0.25, 0.3) is 0 Å². The molecule has 2 aliphatic rings. The first-order valence-corrected chi connectivity index (χ1v) is 10.4. The Balaban J connectivity index is 1.46. The van der Waals surface area contributed by atoms with Gasteiger partial charge in [-0.2, -0.15) is 0 Å². The maximum Gasteiger partial charge on any atom is 0.325 e. The third kappa shape index (κ3) is 5.23. The summed E-state index contributed by atoms with van der Waals surface area (Å²) in [4.78, 5) is 38.5. The maximum absolute atomic E-state index is 12.6. The molecule has 1 aromatic rings. The molecule has 1 heterocycles. The van der Waals surface area contributed by atoms with E-state index in [1.165, 1.54) is 18.2 Å². The molecule has 158 valence electrons. The first-order valence-electron chi connectivity index (χ1n) is 9.66. The van der Waals surface area contributed by atoms with Crippen LogP contribution in [0.5, 0.6) is 0 Å². The smallest absolute Gasteiger partial charge is 0.325 e. The van der Waals surface area contributed by atoms with E-state index in [1.807, 2.05) is 4.90 Å². The standard InChI is InChI=1S/C21H26Cl2N2O4/c1-20(2)7-14-8-21(3,11-20)12-25(14)17(26)10-29-18(27)9-24-19(28)13-4-5-15(22)16(23)6-13/h4-6,14H,7-12H2,1-3H3,(H,24,28)/t14-,21+/m0/s1. The summed E-state index contributed by atoms with van der Waals surface area (Å²) in [6, 6.07) is 4.63. The monoisotopic (exact) mass is 440 g/mol. The van der Waals surface area contributed by atoms with Crippen LogP contribution in [-0.4, -0.2) is 48.4 Å². The van der Waals surface area contributed by atoms with Gasteiger partial charge in [-0.15, -0.1) is 0 Å². The largest absolute Gasteiger partial charge is 0.454 e. The molecule has 1 aromatic carbocycles. The van der Waals surface area contributed by atoms with Crippen molar-refractivity contribution in [3.63, 3.8) is 0 Å². The molecule has 0 unspecified atom stereocenters. The van der Waals surface area contributed by atoms with E-state index in [-0.39, 0.29) is 46.5 Å². The van der Waals surface area contributed by atoms with Gasteiger partial charge in [-0.25, -0.2) is 0 Å². The van der Waals surface area contributed by atoms with Crippen LogP contribution in [0.4, 0.5) is 0 Å². The highest BCUT2D eigenvalue weighted by molar-refractivity contribution is 6.42. The van der Waals surface area contributed by atoms with Crippen LogP contribution in [0, 0.1) is 10.8 Å². The van der Waals surface area contributed by atoms with Crippen molar-refractivity contribution in [3.05, 3.63) is 33.8 Å². The second-order valence-electron chi connectivity index (χ2n) is 9.21. The molecule has 2 atom stereocenters. The summed E-state index contributed by atoms with van der Waals surface area (Å²) in [5.41, 5.74) is 0.612. The lowest BCUT2D eigenvalue weighted by Crippen LogP contribution is -2.40. The van der Waals surface area contributed by atoms with Gasteiger partial charge in [0, 0.05) is 18.2 Å². The number of hydrogen-bond donors (Lipinski definition) is 1. The summed E-state index contributed by atoms with van der Waals surface area (Å²) in [6.07, 6.45) is 3.04. The van der Waals surface area contributed by atoms with Gasteiger partial charge in [-0.05, 0) is 48.3 Å². The van der Waals surface area contributed by atoms with E-state index in [4.69, 9.17) is 27.9 Å². The minimum Gasteiger partial charge on any atom is -0.454 e. The lowest BCUT2D eigenvalue weighted by atomic mass is 9.65. The topological polar surface area (TPSA) is 75.7 Å². The third-order valence-electron chi connectivity index (χ3n) is 5.67.